The van der Waals surface area contributed by atoms with Gasteiger partial charge in [-0.25, -0.2) is 4.79 Å². The maximum Gasteiger partial charge on any atom is 0.338 e. The molecule has 4 rings (SSSR count). The van der Waals surface area contributed by atoms with Gasteiger partial charge in [0.2, 0.25) is 5.91 Å². The summed E-state index contributed by atoms with van der Waals surface area (Å²) in [4.78, 5) is 41.9. The summed E-state index contributed by atoms with van der Waals surface area (Å²) in [5.41, 5.74) is 2.49. The Bertz CT molecular complexity index is 1350. The Kier molecular flexibility index (Phi) is 9.16. The number of nitrogens with one attached hydrogen (secondary N) is 1. The summed E-state index contributed by atoms with van der Waals surface area (Å²) >= 11 is 11.8. The monoisotopic (exact) mass is 565 g/mol. The zero-order valence-electron chi connectivity index (χ0n) is 21.6. The molecule has 3 aromatic rings. The fourth-order valence-corrected chi connectivity index (χ4v) is 4.79. The molecule has 202 valence electrons. The number of halogens is 1. The summed E-state index contributed by atoms with van der Waals surface area (Å²) in [5, 5.41) is 3.77. The van der Waals surface area contributed by atoms with Crippen LogP contribution in [0.1, 0.15) is 29.3 Å². The molecule has 1 aliphatic heterocycles. The van der Waals surface area contributed by atoms with Crippen molar-refractivity contribution < 1.29 is 23.9 Å². The highest BCUT2D eigenvalue weighted by Crippen LogP contribution is 2.28. The summed E-state index contributed by atoms with van der Waals surface area (Å²) < 4.78 is 10.2. The second-order valence-corrected chi connectivity index (χ2v) is 9.59. The van der Waals surface area contributed by atoms with Gasteiger partial charge in [0.15, 0.2) is 5.11 Å². The Morgan fingerprint density at radius 1 is 1.00 bits per heavy atom. The number of benzene rings is 3. The number of anilines is 2. The highest BCUT2D eigenvalue weighted by Gasteiger charge is 2.44. The molecule has 3 aromatic carbocycles. The molecule has 10 heteroatoms. The summed E-state index contributed by atoms with van der Waals surface area (Å²) in [7, 11) is 1.57. The van der Waals surface area contributed by atoms with E-state index in [-0.39, 0.29) is 24.8 Å². The minimum absolute atomic E-state index is 0.0942. The number of ether oxygens (including phenoxy) is 2. The van der Waals surface area contributed by atoms with Crippen molar-refractivity contribution in [3.8, 4) is 5.75 Å². The first kappa shape index (κ1) is 28.1. The summed E-state index contributed by atoms with van der Waals surface area (Å²) in [6, 6.07) is 20.1. The van der Waals surface area contributed by atoms with Crippen molar-refractivity contribution in [1.29, 1.82) is 0 Å². The predicted molar refractivity (Wildman–Crippen MR) is 154 cm³/mol. The van der Waals surface area contributed by atoms with Gasteiger partial charge in [-0.1, -0.05) is 23.7 Å². The molecule has 1 heterocycles. The summed E-state index contributed by atoms with van der Waals surface area (Å²) in [6.45, 7) is 2.42. The Morgan fingerprint density at radius 3 is 2.28 bits per heavy atom. The zero-order chi connectivity index (χ0) is 27.9. The first-order valence-corrected chi connectivity index (χ1v) is 13.2. The lowest BCUT2D eigenvalue weighted by Gasteiger charge is -2.24. The molecule has 0 spiro atoms. The maximum absolute atomic E-state index is 13.7. The molecule has 0 radical (unpaired) electrons. The van der Waals surface area contributed by atoms with Crippen molar-refractivity contribution in [3.05, 3.63) is 88.9 Å². The van der Waals surface area contributed by atoms with E-state index in [1.54, 1.807) is 67.5 Å². The van der Waals surface area contributed by atoms with Gasteiger partial charge in [0.05, 0.1) is 31.4 Å². The molecule has 0 bridgehead atoms. The van der Waals surface area contributed by atoms with E-state index in [0.29, 0.717) is 45.8 Å². The summed E-state index contributed by atoms with van der Waals surface area (Å²) in [5.74, 6) is -0.415. The van der Waals surface area contributed by atoms with Gasteiger partial charge in [0.1, 0.15) is 11.8 Å². The number of methoxy groups -OCH3 is 1. The Hall–Kier alpha value is -3.95. The van der Waals surface area contributed by atoms with Crippen molar-refractivity contribution in [2.24, 2.45) is 0 Å². The van der Waals surface area contributed by atoms with Crippen LogP contribution in [0.25, 0.3) is 0 Å². The van der Waals surface area contributed by atoms with Gasteiger partial charge in [-0.15, -0.1) is 0 Å². The normalized spacial score (nSPS) is 14.9. The SMILES string of the molecule is CCOC(=O)c1ccc(N2C(=O)C(CC(=O)Nc3ccc(OC)cc3)N(CCc3ccc(Cl)cc3)C2=S)cc1. The van der Waals surface area contributed by atoms with Gasteiger partial charge in [0, 0.05) is 17.3 Å². The lowest BCUT2D eigenvalue weighted by Crippen LogP contribution is -2.39. The minimum Gasteiger partial charge on any atom is -0.497 e. The molecule has 1 saturated heterocycles. The van der Waals surface area contributed by atoms with Crippen molar-refractivity contribution in [2.45, 2.75) is 25.8 Å². The van der Waals surface area contributed by atoms with Gasteiger partial charge in [0.25, 0.3) is 5.91 Å². The quantitative estimate of drug-likeness (QED) is 0.270. The van der Waals surface area contributed by atoms with Gasteiger partial charge in [-0.2, -0.15) is 0 Å². The van der Waals surface area contributed by atoms with E-state index in [9.17, 15) is 14.4 Å². The molecule has 0 aliphatic carbocycles. The Balaban J connectivity index is 1.54. The average molecular weight is 566 g/mol. The van der Waals surface area contributed by atoms with E-state index in [2.05, 4.69) is 5.32 Å². The molecule has 1 N–H and O–H groups in total. The van der Waals surface area contributed by atoms with Crippen LogP contribution in [-0.4, -0.2) is 54.1 Å². The summed E-state index contributed by atoms with van der Waals surface area (Å²) in [6.07, 6.45) is 0.500. The zero-order valence-corrected chi connectivity index (χ0v) is 23.1. The third-order valence-corrected chi connectivity index (χ3v) is 6.93. The van der Waals surface area contributed by atoms with E-state index in [0.717, 1.165) is 5.56 Å². The van der Waals surface area contributed by atoms with Crippen LogP contribution in [0.15, 0.2) is 72.8 Å². The largest absolute Gasteiger partial charge is 0.497 e. The Labute approximate surface area is 237 Å². The number of carbonyl (C=O) groups is 3. The number of esters is 1. The average Bonchev–Trinajstić information content (AvgIpc) is 3.17. The second-order valence-electron chi connectivity index (χ2n) is 8.79. The minimum atomic E-state index is -0.798. The lowest BCUT2D eigenvalue weighted by molar-refractivity contribution is -0.124. The number of nitrogens with zero attached hydrogens (tertiary/aromatic N) is 2. The van der Waals surface area contributed by atoms with Crippen LogP contribution in [0.2, 0.25) is 5.02 Å². The van der Waals surface area contributed by atoms with Crippen LogP contribution < -0.4 is 15.0 Å². The van der Waals surface area contributed by atoms with Crippen molar-refractivity contribution in [1.82, 2.24) is 4.90 Å². The number of amides is 2. The molecule has 0 saturated carbocycles. The fourth-order valence-electron chi connectivity index (χ4n) is 4.25. The number of carbonyl (C=O) groups excluding carboxylic acids is 3. The molecule has 0 aromatic heterocycles. The van der Waals surface area contributed by atoms with Crippen LogP contribution in [-0.2, 0) is 20.7 Å². The number of hydrogen-bond donors (Lipinski definition) is 1. The smallest absolute Gasteiger partial charge is 0.338 e. The molecular formula is C29H28ClN3O5S. The van der Waals surface area contributed by atoms with Crippen LogP contribution in [0.5, 0.6) is 5.75 Å². The van der Waals surface area contributed by atoms with Gasteiger partial charge in [-0.3, -0.25) is 14.5 Å². The van der Waals surface area contributed by atoms with E-state index < -0.39 is 12.0 Å². The van der Waals surface area contributed by atoms with Crippen LogP contribution in [0.3, 0.4) is 0 Å². The highest BCUT2D eigenvalue weighted by atomic mass is 35.5. The van der Waals surface area contributed by atoms with E-state index in [4.69, 9.17) is 33.3 Å². The maximum atomic E-state index is 13.7. The number of thiocarbonyl (C=S) groups is 1. The lowest BCUT2D eigenvalue weighted by atomic mass is 10.1. The van der Waals surface area contributed by atoms with E-state index >= 15 is 0 Å². The van der Waals surface area contributed by atoms with Crippen LogP contribution in [0, 0.1) is 0 Å². The predicted octanol–water partition coefficient (Wildman–Crippen LogP) is 5.10. The standard InChI is InChI=1S/C29H28ClN3O5S/c1-3-38-28(36)20-6-12-23(13-7-20)33-27(35)25(18-26(34)31-22-10-14-24(37-2)15-11-22)32(29(33)39)17-16-19-4-8-21(30)9-5-19/h4-15,25H,3,16-18H2,1-2H3,(H,31,34). The Morgan fingerprint density at radius 2 is 1.67 bits per heavy atom. The van der Waals surface area contributed by atoms with Crippen molar-refractivity contribution in [3.63, 3.8) is 0 Å². The van der Waals surface area contributed by atoms with Gasteiger partial charge < -0.3 is 19.7 Å². The van der Waals surface area contributed by atoms with Crippen LogP contribution >= 0.6 is 23.8 Å². The van der Waals surface area contributed by atoms with Crippen molar-refractivity contribution >= 4 is 58.1 Å². The topological polar surface area (TPSA) is 88.2 Å². The molecule has 39 heavy (non-hydrogen) atoms. The third-order valence-electron chi connectivity index (χ3n) is 6.26. The molecule has 1 unspecified atom stereocenters. The number of rotatable bonds is 10. The second kappa shape index (κ2) is 12.7. The van der Waals surface area contributed by atoms with E-state index in [1.807, 2.05) is 24.3 Å². The molecule has 8 nitrogen and oxygen atoms in total. The van der Waals surface area contributed by atoms with Gasteiger partial charge >= 0.3 is 5.97 Å². The van der Waals surface area contributed by atoms with Crippen LogP contribution in [0.4, 0.5) is 11.4 Å². The molecule has 1 fully saturated rings. The van der Waals surface area contributed by atoms with Crippen molar-refractivity contribution in [2.75, 3.05) is 30.5 Å². The first-order chi connectivity index (χ1) is 18.8. The highest BCUT2D eigenvalue weighted by molar-refractivity contribution is 7.80. The molecule has 1 atom stereocenters. The third kappa shape index (κ3) is 6.74. The number of hydrogen-bond acceptors (Lipinski definition) is 6. The fraction of sp³-hybridized carbons (Fsp3) is 0.241. The van der Waals surface area contributed by atoms with E-state index in [1.165, 1.54) is 4.90 Å². The molecular weight excluding hydrogens is 538 g/mol. The molecule has 1 aliphatic rings. The first-order valence-electron chi connectivity index (χ1n) is 12.4. The molecule has 2 amide bonds. The van der Waals surface area contributed by atoms with Gasteiger partial charge in [-0.05, 0) is 91.8 Å².